The van der Waals surface area contributed by atoms with Crippen molar-refractivity contribution in [2.75, 3.05) is 6.61 Å². The summed E-state index contributed by atoms with van der Waals surface area (Å²) >= 11 is 1.33. The van der Waals surface area contributed by atoms with Gasteiger partial charge in [0.25, 0.3) is 11.5 Å². The van der Waals surface area contributed by atoms with E-state index < -0.39 is 0 Å². The Hall–Kier alpha value is -3.52. The number of carbonyl (C=O) groups excluding carboxylic acids is 1. The smallest absolute Gasteiger partial charge is 0.275 e. The molecule has 0 aliphatic heterocycles. The van der Waals surface area contributed by atoms with Crippen molar-refractivity contribution in [1.82, 2.24) is 19.9 Å². The third-order valence-corrected chi connectivity index (χ3v) is 5.13. The lowest BCUT2D eigenvalue weighted by Gasteiger charge is -2.06. The summed E-state index contributed by atoms with van der Waals surface area (Å²) in [4.78, 5) is 29.7. The van der Waals surface area contributed by atoms with Gasteiger partial charge in [0.2, 0.25) is 4.96 Å². The van der Waals surface area contributed by atoms with Crippen LogP contribution in [0.2, 0.25) is 0 Å². The van der Waals surface area contributed by atoms with Crippen LogP contribution in [0.25, 0.3) is 15.5 Å². The Balaban J connectivity index is 1.51. The number of carbonyl (C=O) groups is 1. The molecule has 8 heteroatoms. The molecule has 0 saturated carbocycles. The van der Waals surface area contributed by atoms with E-state index in [2.05, 4.69) is 15.4 Å². The van der Waals surface area contributed by atoms with Gasteiger partial charge in [-0.25, -0.2) is 4.98 Å². The fourth-order valence-corrected chi connectivity index (χ4v) is 3.72. The van der Waals surface area contributed by atoms with E-state index in [0.717, 1.165) is 5.56 Å². The standard InChI is InChI=1S/C21H18N4O3S/c1-2-28-17-10-8-14(9-11-17)19(27)22-13-16-12-18(26)25-21(23-16)29-20(24-25)15-6-4-3-5-7-15/h3-12H,2,13H2,1H3,(H,22,27). The van der Waals surface area contributed by atoms with Gasteiger partial charge in [-0.1, -0.05) is 41.7 Å². The van der Waals surface area contributed by atoms with Gasteiger partial charge >= 0.3 is 0 Å². The maximum absolute atomic E-state index is 12.4. The monoisotopic (exact) mass is 406 g/mol. The summed E-state index contributed by atoms with van der Waals surface area (Å²) in [5, 5.41) is 7.86. The van der Waals surface area contributed by atoms with Crippen LogP contribution in [0.5, 0.6) is 5.75 Å². The largest absolute Gasteiger partial charge is 0.494 e. The number of aromatic nitrogens is 3. The molecule has 1 amide bonds. The lowest BCUT2D eigenvalue weighted by molar-refractivity contribution is 0.0950. The SMILES string of the molecule is CCOc1ccc(C(=O)NCc2cc(=O)n3nc(-c4ccccc4)sc3n2)cc1. The number of rotatable bonds is 6. The van der Waals surface area contributed by atoms with E-state index in [1.54, 1.807) is 24.3 Å². The van der Waals surface area contributed by atoms with Crippen LogP contribution in [0.4, 0.5) is 0 Å². The van der Waals surface area contributed by atoms with Crippen LogP contribution in [0, 0.1) is 0 Å². The highest BCUT2D eigenvalue weighted by molar-refractivity contribution is 7.19. The van der Waals surface area contributed by atoms with E-state index in [1.807, 2.05) is 37.3 Å². The number of amides is 1. The molecular formula is C21H18N4O3S. The van der Waals surface area contributed by atoms with Crippen molar-refractivity contribution in [3.63, 3.8) is 0 Å². The van der Waals surface area contributed by atoms with Crippen molar-refractivity contribution in [2.45, 2.75) is 13.5 Å². The van der Waals surface area contributed by atoms with Crippen LogP contribution in [-0.4, -0.2) is 27.1 Å². The van der Waals surface area contributed by atoms with Gasteiger partial charge in [-0.2, -0.15) is 9.61 Å². The maximum atomic E-state index is 12.4. The molecule has 29 heavy (non-hydrogen) atoms. The highest BCUT2D eigenvalue weighted by atomic mass is 32.1. The molecular weight excluding hydrogens is 388 g/mol. The molecule has 2 aromatic heterocycles. The van der Waals surface area contributed by atoms with Gasteiger partial charge in [-0.05, 0) is 31.2 Å². The second-order valence-corrected chi connectivity index (χ2v) is 7.15. The Kier molecular flexibility index (Phi) is 5.35. The van der Waals surface area contributed by atoms with Gasteiger partial charge in [0.1, 0.15) is 10.8 Å². The summed E-state index contributed by atoms with van der Waals surface area (Å²) in [5.41, 5.74) is 1.64. The second kappa shape index (κ2) is 8.24. The topological polar surface area (TPSA) is 85.6 Å². The Morgan fingerprint density at radius 2 is 1.90 bits per heavy atom. The van der Waals surface area contributed by atoms with Crippen LogP contribution < -0.4 is 15.6 Å². The molecule has 4 aromatic rings. The third-order valence-electron chi connectivity index (χ3n) is 4.18. The Bertz CT molecular complexity index is 1200. The predicted octanol–water partition coefficient (Wildman–Crippen LogP) is 3.15. The molecule has 0 atom stereocenters. The molecule has 0 saturated heterocycles. The van der Waals surface area contributed by atoms with E-state index in [4.69, 9.17) is 4.74 Å². The van der Waals surface area contributed by atoms with E-state index in [0.29, 0.717) is 33.6 Å². The van der Waals surface area contributed by atoms with E-state index in [1.165, 1.54) is 21.9 Å². The van der Waals surface area contributed by atoms with Crippen molar-refractivity contribution in [2.24, 2.45) is 0 Å². The van der Waals surface area contributed by atoms with Gasteiger partial charge in [0, 0.05) is 17.2 Å². The molecule has 0 unspecified atom stereocenters. The summed E-state index contributed by atoms with van der Waals surface area (Å²) in [6.07, 6.45) is 0. The summed E-state index contributed by atoms with van der Waals surface area (Å²) in [5.74, 6) is 0.466. The van der Waals surface area contributed by atoms with Gasteiger partial charge in [0.05, 0.1) is 18.8 Å². The van der Waals surface area contributed by atoms with E-state index >= 15 is 0 Å². The van der Waals surface area contributed by atoms with Crippen LogP contribution in [0.15, 0.2) is 65.5 Å². The van der Waals surface area contributed by atoms with Gasteiger partial charge in [-0.3, -0.25) is 9.59 Å². The molecule has 1 N–H and O–H groups in total. The zero-order valence-corrected chi connectivity index (χ0v) is 16.5. The number of nitrogens with one attached hydrogen (secondary N) is 1. The Labute approximate surface area is 170 Å². The first-order valence-corrected chi connectivity index (χ1v) is 9.92. The highest BCUT2D eigenvalue weighted by Crippen LogP contribution is 2.23. The Morgan fingerprint density at radius 3 is 2.62 bits per heavy atom. The summed E-state index contributed by atoms with van der Waals surface area (Å²) in [7, 11) is 0. The zero-order valence-electron chi connectivity index (χ0n) is 15.7. The highest BCUT2D eigenvalue weighted by Gasteiger charge is 2.12. The van der Waals surface area contributed by atoms with Crippen molar-refractivity contribution in [3.05, 3.63) is 82.3 Å². The van der Waals surface area contributed by atoms with E-state index in [9.17, 15) is 9.59 Å². The normalized spacial score (nSPS) is 10.8. The number of ether oxygens (including phenoxy) is 1. The summed E-state index contributed by atoms with van der Waals surface area (Å²) in [6, 6.07) is 17.9. The van der Waals surface area contributed by atoms with Crippen LogP contribution in [0.1, 0.15) is 23.0 Å². The molecule has 146 valence electrons. The molecule has 2 heterocycles. The number of nitrogens with zero attached hydrogens (tertiary/aromatic N) is 3. The first kappa shape index (κ1) is 18.8. The predicted molar refractivity (Wildman–Crippen MR) is 111 cm³/mol. The number of hydrogen-bond acceptors (Lipinski definition) is 6. The molecule has 2 aromatic carbocycles. The van der Waals surface area contributed by atoms with Crippen LogP contribution in [-0.2, 0) is 6.54 Å². The molecule has 7 nitrogen and oxygen atoms in total. The first-order valence-electron chi connectivity index (χ1n) is 9.10. The lowest BCUT2D eigenvalue weighted by Crippen LogP contribution is -2.25. The van der Waals surface area contributed by atoms with Crippen LogP contribution >= 0.6 is 11.3 Å². The van der Waals surface area contributed by atoms with Gasteiger partial charge in [0.15, 0.2) is 0 Å². The maximum Gasteiger partial charge on any atom is 0.275 e. The Morgan fingerprint density at radius 1 is 1.14 bits per heavy atom. The van der Waals surface area contributed by atoms with E-state index in [-0.39, 0.29) is 18.0 Å². The van der Waals surface area contributed by atoms with Crippen LogP contribution in [0.3, 0.4) is 0 Å². The first-order chi connectivity index (χ1) is 14.1. The fraction of sp³-hybridized carbons (Fsp3) is 0.143. The molecule has 0 bridgehead atoms. The molecule has 0 spiro atoms. The summed E-state index contributed by atoms with van der Waals surface area (Å²) < 4.78 is 6.66. The second-order valence-electron chi connectivity index (χ2n) is 6.19. The molecule has 0 radical (unpaired) electrons. The minimum Gasteiger partial charge on any atom is -0.494 e. The average Bonchev–Trinajstić information content (AvgIpc) is 3.18. The van der Waals surface area contributed by atoms with Crippen molar-refractivity contribution in [1.29, 1.82) is 0 Å². The fourth-order valence-electron chi connectivity index (χ4n) is 2.79. The number of hydrogen-bond donors (Lipinski definition) is 1. The average molecular weight is 406 g/mol. The number of fused-ring (bicyclic) bond motifs is 1. The lowest BCUT2D eigenvalue weighted by atomic mass is 10.2. The van der Waals surface area contributed by atoms with Crippen molar-refractivity contribution < 1.29 is 9.53 Å². The third kappa shape index (κ3) is 4.17. The van der Waals surface area contributed by atoms with Crippen molar-refractivity contribution in [3.8, 4) is 16.3 Å². The number of benzene rings is 2. The minimum absolute atomic E-state index is 0.149. The zero-order chi connectivity index (χ0) is 20.2. The molecule has 4 rings (SSSR count). The summed E-state index contributed by atoms with van der Waals surface area (Å²) in [6.45, 7) is 2.62. The molecule has 0 fully saturated rings. The molecule has 0 aliphatic carbocycles. The molecule has 0 aliphatic rings. The van der Waals surface area contributed by atoms with Gasteiger partial charge in [-0.15, -0.1) is 0 Å². The minimum atomic E-state index is -0.279. The van der Waals surface area contributed by atoms with Crippen molar-refractivity contribution >= 4 is 22.2 Å². The van der Waals surface area contributed by atoms with Gasteiger partial charge < -0.3 is 10.1 Å². The quantitative estimate of drug-likeness (QED) is 0.532.